The van der Waals surface area contributed by atoms with Crippen molar-refractivity contribution in [3.63, 3.8) is 0 Å². The van der Waals surface area contributed by atoms with Crippen LogP contribution in [0.2, 0.25) is 0 Å². The molecule has 0 bridgehead atoms. The Morgan fingerprint density at radius 2 is 1.74 bits per heavy atom. The molecule has 0 heterocycles. The number of benzene rings is 1. The van der Waals surface area contributed by atoms with Crippen LogP contribution in [0.4, 0.5) is 4.39 Å². The smallest absolute Gasteiger partial charge is 0.123 e. The lowest BCUT2D eigenvalue weighted by Gasteiger charge is -2.14. The fourth-order valence-electron chi connectivity index (χ4n) is 3.44. The van der Waals surface area contributed by atoms with Crippen LogP contribution in [0.3, 0.4) is 0 Å². The highest BCUT2D eigenvalue weighted by molar-refractivity contribution is 6.26. The molecule has 0 amide bonds. The number of oxime groups is 1. The summed E-state index contributed by atoms with van der Waals surface area (Å²) in [6.45, 7) is 0. The van der Waals surface area contributed by atoms with Crippen LogP contribution in [0.1, 0.15) is 44.1 Å². The largest absolute Gasteiger partial charge is 0.411 e. The van der Waals surface area contributed by atoms with E-state index in [0.29, 0.717) is 5.92 Å². The van der Waals surface area contributed by atoms with Gasteiger partial charge in [0.2, 0.25) is 0 Å². The molecule has 0 saturated heterocycles. The first-order valence-electron chi connectivity index (χ1n) is 7.00. The van der Waals surface area contributed by atoms with E-state index in [4.69, 9.17) is 0 Å². The van der Waals surface area contributed by atoms with E-state index in [1.54, 1.807) is 12.1 Å². The van der Waals surface area contributed by atoms with Crippen molar-refractivity contribution >= 4 is 11.3 Å². The highest BCUT2D eigenvalue weighted by atomic mass is 19.1. The van der Waals surface area contributed by atoms with Crippen LogP contribution in [0, 0.1) is 11.7 Å². The van der Waals surface area contributed by atoms with E-state index < -0.39 is 0 Å². The molecule has 0 radical (unpaired) electrons. The highest BCUT2D eigenvalue weighted by Crippen LogP contribution is 2.42. The summed E-state index contributed by atoms with van der Waals surface area (Å²) in [5.74, 6) is 0.395. The van der Waals surface area contributed by atoms with Crippen LogP contribution in [0.25, 0.3) is 5.57 Å². The summed E-state index contributed by atoms with van der Waals surface area (Å²) in [5, 5.41) is 12.6. The monoisotopic (exact) mass is 259 g/mol. The molecule has 1 saturated carbocycles. The van der Waals surface area contributed by atoms with E-state index in [0.717, 1.165) is 29.7 Å². The Kier molecular flexibility index (Phi) is 3.36. The number of nitrogens with zero attached hydrogens (tertiary/aromatic N) is 1. The Bertz CT molecular complexity index is 524. The summed E-state index contributed by atoms with van der Waals surface area (Å²) in [6, 6.07) is 6.52. The second-order valence-electron chi connectivity index (χ2n) is 5.44. The number of hydrogen-bond donors (Lipinski definition) is 1. The van der Waals surface area contributed by atoms with Crippen molar-refractivity contribution in [3.8, 4) is 0 Å². The number of halogens is 1. The van der Waals surface area contributed by atoms with Crippen LogP contribution in [0.15, 0.2) is 35.0 Å². The predicted octanol–water partition coefficient (Wildman–Crippen LogP) is 4.39. The molecule has 2 aliphatic carbocycles. The zero-order valence-corrected chi connectivity index (χ0v) is 10.9. The normalized spacial score (nSPS) is 22.7. The quantitative estimate of drug-likeness (QED) is 0.620. The maximum atomic E-state index is 13.1. The molecule has 1 fully saturated rings. The van der Waals surface area contributed by atoms with Gasteiger partial charge in [0.15, 0.2) is 0 Å². The molecule has 3 rings (SSSR count). The first-order chi connectivity index (χ1) is 9.29. The molecule has 1 aromatic rings. The molecular formula is C16H18FNO. The fraction of sp³-hybridized carbons (Fsp3) is 0.438. The van der Waals surface area contributed by atoms with Crippen LogP contribution < -0.4 is 0 Å². The van der Waals surface area contributed by atoms with Crippen molar-refractivity contribution in [2.75, 3.05) is 0 Å². The third-order valence-electron chi connectivity index (χ3n) is 4.34. The van der Waals surface area contributed by atoms with Gasteiger partial charge in [-0.1, -0.05) is 35.7 Å². The Hall–Kier alpha value is -1.64. The number of allylic oxidation sites excluding steroid dienone is 2. The van der Waals surface area contributed by atoms with Gasteiger partial charge in [-0.05, 0) is 49.3 Å². The average Bonchev–Trinajstić information content (AvgIpc) is 3.08. The minimum absolute atomic E-state index is 0.229. The number of rotatable bonds is 2. The lowest BCUT2D eigenvalue weighted by molar-refractivity contribution is 0.319. The molecule has 1 N–H and O–H groups in total. The average molecular weight is 259 g/mol. The van der Waals surface area contributed by atoms with E-state index in [-0.39, 0.29) is 5.82 Å². The first-order valence-corrected chi connectivity index (χ1v) is 7.00. The Morgan fingerprint density at radius 3 is 2.37 bits per heavy atom. The summed E-state index contributed by atoms with van der Waals surface area (Å²) in [7, 11) is 0. The lowest BCUT2D eigenvalue weighted by atomic mass is 9.91. The third kappa shape index (κ3) is 2.29. The second-order valence-corrected chi connectivity index (χ2v) is 5.44. The lowest BCUT2D eigenvalue weighted by Crippen LogP contribution is -2.01. The van der Waals surface area contributed by atoms with Crippen molar-refractivity contribution in [1.82, 2.24) is 0 Å². The van der Waals surface area contributed by atoms with Gasteiger partial charge in [-0.3, -0.25) is 0 Å². The minimum Gasteiger partial charge on any atom is -0.411 e. The van der Waals surface area contributed by atoms with Crippen LogP contribution in [0.5, 0.6) is 0 Å². The number of hydrogen-bond acceptors (Lipinski definition) is 2. The van der Waals surface area contributed by atoms with Crippen LogP contribution >= 0.6 is 0 Å². The molecular weight excluding hydrogens is 241 g/mol. The molecule has 100 valence electrons. The molecule has 1 aromatic carbocycles. The van der Waals surface area contributed by atoms with Crippen molar-refractivity contribution in [1.29, 1.82) is 0 Å². The van der Waals surface area contributed by atoms with Crippen molar-refractivity contribution < 1.29 is 9.60 Å². The maximum Gasteiger partial charge on any atom is 0.123 e. The molecule has 0 aliphatic heterocycles. The minimum atomic E-state index is -0.229. The van der Waals surface area contributed by atoms with Crippen LogP contribution in [-0.2, 0) is 0 Å². The molecule has 2 aliphatic rings. The van der Waals surface area contributed by atoms with Gasteiger partial charge in [-0.15, -0.1) is 0 Å². The maximum absolute atomic E-state index is 13.1. The second kappa shape index (κ2) is 5.16. The van der Waals surface area contributed by atoms with E-state index in [2.05, 4.69) is 5.16 Å². The van der Waals surface area contributed by atoms with Crippen LogP contribution in [-0.4, -0.2) is 10.9 Å². The van der Waals surface area contributed by atoms with Gasteiger partial charge in [0.05, 0.1) is 5.71 Å². The first kappa shape index (κ1) is 12.4. The van der Waals surface area contributed by atoms with Gasteiger partial charge in [-0.25, -0.2) is 4.39 Å². The molecule has 19 heavy (non-hydrogen) atoms. The SMILES string of the molecule is O/N=C1/CCC(C2CCCC2)=C1c1ccc(F)cc1. The van der Waals surface area contributed by atoms with Gasteiger partial charge in [0.1, 0.15) is 5.82 Å². The Balaban J connectivity index is 2.04. The van der Waals surface area contributed by atoms with E-state index >= 15 is 0 Å². The zero-order chi connectivity index (χ0) is 13.2. The van der Waals surface area contributed by atoms with Crippen molar-refractivity contribution in [3.05, 3.63) is 41.2 Å². The zero-order valence-electron chi connectivity index (χ0n) is 10.9. The summed E-state index contributed by atoms with van der Waals surface area (Å²) >= 11 is 0. The Labute approximate surface area is 112 Å². The van der Waals surface area contributed by atoms with Gasteiger partial charge >= 0.3 is 0 Å². The standard InChI is InChI=1S/C16H18FNO/c17-13-7-5-12(6-8-13)16-14(9-10-15(16)18-19)11-3-1-2-4-11/h5-8,11,19H,1-4,9-10H2/b18-15-. The molecule has 0 spiro atoms. The molecule has 0 atom stereocenters. The van der Waals surface area contributed by atoms with E-state index in [9.17, 15) is 9.60 Å². The third-order valence-corrected chi connectivity index (χ3v) is 4.34. The van der Waals surface area contributed by atoms with Gasteiger partial charge < -0.3 is 5.21 Å². The Morgan fingerprint density at radius 1 is 1.05 bits per heavy atom. The van der Waals surface area contributed by atoms with Crippen molar-refractivity contribution in [2.24, 2.45) is 11.1 Å². The molecule has 2 nitrogen and oxygen atoms in total. The summed E-state index contributed by atoms with van der Waals surface area (Å²) in [4.78, 5) is 0. The molecule has 0 aromatic heterocycles. The van der Waals surface area contributed by atoms with Gasteiger partial charge in [0.25, 0.3) is 0 Å². The van der Waals surface area contributed by atoms with E-state index in [1.807, 2.05) is 0 Å². The topological polar surface area (TPSA) is 32.6 Å². The summed E-state index contributed by atoms with van der Waals surface area (Å²) in [6.07, 6.45) is 6.83. The molecule has 0 unspecified atom stereocenters. The summed E-state index contributed by atoms with van der Waals surface area (Å²) < 4.78 is 13.1. The highest BCUT2D eigenvalue weighted by Gasteiger charge is 2.29. The van der Waals surface area contributed by atoms with Gasteiger partial charge in [-0.2, -0.15) is 0 Å². The predicted molar refractivity (Wildman–Crippen MR) is 73.7 cm³/mol. The fourth-order valence-corrected chi connectivity index (χ4v) is 3.44. The van der Waals surface area contributed by atoms with Gasteiger partial charge in [0, 0.05) is 5.57 Å². The van der Waals surface area contributed by atoms with Crippen molar-refractivity contribution in [2.45, 2.75) is 38.5 Å². The summed E-state index contributed by atoms with van der Waals surface area (Å²) in [5.41, 5.74) is 4.22. The van der Waals surface area contributed by atoms with E-state index in [1.165, 1.54) is 43.4 Å². The molecule has 3 heteroatoms.